The number of hydrogen-bond donors (Lipinski definition) is 0. The first-order valence-corrected chi connectivity index (χ1v) is 5.42. The average molecular weight is 296 g/mol. The molecular weight excluding hydrogens is 287 g/mol. The lowest BCUT2D eigenvalue weighted by Gasteiger charge is -2.01. The minimum atomic E-state index is 0.877. The van der Waals surface area contributed by atoms with E-state index in [0.717, 1.165) is 15.7 Å². The molecule has 1 heterocycles. The molecule has 3 heteroatoms. The Labute approximate surface area is 96.6 Å². The van der Waals surface area contributed by atoms with Gasteiger partial charge in [-0.3, -0.25) is 0 Å². The van der Waals surface area contributed by atoms with E-state index in [2.05, 4.69) is 44.7 Å². The van der Waals surface area contributed by atoms with E-state index in [1.165, 1.54) is 5.56 Å². The molecule has 0 unspecified atom stereocenters. The van der Waals surface area contributed by atoms with Crippen molar-refractivity contribution in [1.82, 2.24) is 9.97 Å². The van der Waals surface area contributed by atoms with Gasteiger partial charge in [-0.2, -0.15) is 0 Å². The van der Waals surface area contributed by atoms with Crippen LogP contribution in [-0.4, -0.2) is 9.97 Å². The molecule has 0 aliphatic carbocycles. The second-order valence-electron chi connectivity index (χ2n) is 2.98. The van der Waals surface area contributed by atoms with E-state index < -0.39 is 0 Å². The van der Waals surface area contributed by atoms with Crippen molar-refractivity contribution in [1.29, 1.82) is 0 Å². The van der Waals surface area contributed by atoms with Gasteiger partial charge in [0.05, 0.1) is 9.26 Å². The topological polar surface area (TPSA) is 25.8 Å². The predicted molar refractivity (Wildman–Crippen MR) is 64.0 cm³/mol. The maximum Gasteiger partial charge on any atom is 0.115 e. The van der Waals surface area contributed by atoms with Crippen LogP contribution in [0.25, 0.3) is 0 Å². The fourth-order valence-electron chi connectivity index (χ4n) is 1.26. The Bertz CT molecular complexity index is 415. The van der Waals surface area contributed by atoms with Gasteiger partial charge >= 0.3 is 0 Å². The van der Waals surface area contributed by atoms with E-state index >= 15 is 0 Å². The van der Waals surface area contributed by atoms with Crippen molar-refractivity contribution in [3.8, 4) is 0 Å². The Morgan fingerprint density at radius 3 is 2.64 bits per heavy atom. The number of hydrogen-bond acceptors (Lipinski definition) is 2. The van der Waals surface area contributed by atoms with Crippen molar-refractivity contribution in [2.45, 2.75) is 6.42 Å². The Kier molecular flexibility index (Phi) is 3.08. The van der Waals surface area contributed by atoms with Crippen LogP contribution >= 0.6 is 22.6 Å². The summed E-state index contributed by atoms with van der Waals surface area (Å²) in [6.45, 7) is 0. The molecule has 2 nitrogen and oxygen atoms in total. The highest BCUT2D eigenvalue weighted by Gasteiger charge is 2.01. The Hall–Kier alpha value is -0.970. The van der Waals surface area contributed by atoms with Crippen LogP contribution in [0.2, 0.25) is 0 Å². The summed E-state index contributed by atoms with van der Waals surface area (Å²) in [4.78, 5) is 8.22. The maximum atomic E-state index is 4.25. The van der Waals surface area contributed by atoms with Gasteiger partial charge in [-0.05, 0) is 28.2 Å². The van der Waals surface area contributed by atoms with E-state index in [1.807, 2.05) is 24.4 Å². The van der Waals surface area contributed by atoms with Crippen LogP contribution in [0.4, 0.5) is 0 Å². The minimum Gasteiger partial charge on any atom is -0.244 e. The lowest BCUT2D eigenvalue weighted by molar-refractivity contribution is 1.01. The number of benzene rings is 1. The third-order valence-corrected chi connectivity index (χ3v) is 2.86. The molecule has 0 bridgehead atoms. The van der Waals surface area contributed by atoms with E-state index in [0.29, 0.717) is 0 Å². The van der Waals surface area contributed by atoms with Gasteiger partial charge in [0.1, 0.15) is 6.33 Å². The summed E-state index contributed by atoms with van der Waals surface area (Å²) in [5.74, 6) is 0. The first kappa shape index (κ1) is 9.58. The van der Waals surface area contributed by atoms with Gasteiger partial charge < -0.3 is 0 Å². The molecular formula is C11H9IN2. The summed E-state index contributed by atoms with van der Waals surface area (Å²) in [7, 11) is 0. The maximum absolute atomic E-state index is 4.25. The first-order chi connectivity index (χ1) is 6.86. The second-order valence-corrected chi connectivity index (χ2v) is 4.14. The first-order valence-electron chi connectivity index (χ1n) is 4.34. The molecule has 2 rings (SSSR count). The second kappa shape index (κ2) is 4.50. The molecule has 0 saturated carbocycles. The quantitative estimate of drug-likeness (QED) is 0.796. The number of halogens is 1. The van der Waals surface area contributed by atoms with Crippen LogP contribution in [0, 0.1) is 3.57 Å². The molecule has 0 N–H and O–H groups in total. The van der Waals surface area contributed by atoms with Gasteiger partial charge in [-0.1, -0.05) is 30.3 Å². The van der Waals surface area contributed by atoms with Crippen LogP contribution < -0.4 is 0 Å². The molecule has 0 amide bonds. The molecule has 0 spiro atoms. The summed E-state index contributed by atoms with van der Waals surface area (Å²) in [5, 5.41) is 0. The molecule has 0 aliphatic heterocycles. The molecule has 0 fully saturated rings. The Morgan fingerprint density at radius 1 is 1.14 bits per heavy atom. The largest absolute Gasteiger partial charge is 0.244 e. The van der Waals surface area contributed by atoms with Crippen molar-refractivity contribution in [2.75, 3.05) is 0 Å². The zero-order chi connectivity index (χ0) is 9.80. The highest BCUT2D eigenvalue weighted by atomic mass is 127. The third kappa shape index (κ3) is 2.29. The van der Waals surface area contributed by atoms with Crippen molar-refractivity contribution >= 4 is 22.6 Å². The van der Waals surface area contributed by atoms with Crippen molar-refractivity contribution in [3.05, 3.63) is 57.7 Å². The summed E-state index contributed by atoms with van der Waals surface area (Å²) in [6.07, 6.45) is 4.31. The molecule has 70 valence electrons. The van der Waals surface area contributed by atoms with E-state index in [1.54, 1.807) is 6.33 Å². The summed E-state index contributed by atoms with van der Waals surface area (Å²) in [5.41, 5.74) is 2.37. The monoisotopic (exact) mass is 296 g/mol. The van der Waals surface area contributed by atoms with Gasteiger partial charge in [-0.25, -0.2) is 9.97 Å². The zero-order valence-corrected chi connectivity index (χ0v) is 9.68. The highest BCUT2D eigenvalue weighted by molar-refractivity contribution is 14.1. The van der Waals surface area contributed by atoms with Crippen LogP contribution in [0.15, 0.2) is 42.9 Å². The normalized spacial score (nSPS) is 10.1. The lowest BCUT2D eigenvalue weighted by Crippen LogP contribution is -1.95. The number of nitrogens with zero attached hydrogens (tertiary/aromatic N) is 2. The smallest absolute Gasteiger partial charge is 0.115 e. The van der Waals surface area contributed by atoms with Gasteiger partial charge in [0.15, 0.2) is 0 Å². The van der Waals surface area contributed by atoms with Crippen LogP contribution in [0.5, 0.6) is 0 Å². The molecule has 0 atom stereocenters. The summed E-state index contributed by atoms with van der Waals surface area (Å²) in [6, 6.07) is 10.3. The van der Waals surface area contributed by atoms with Gasteiger partial charge in [0.25, 0.3) is 0 Å². The highest BCUT2D eigenvalue weighted by Crippen LogP contribution is 2.12. The van der Waals surface area contributed by atoms with E-state index in [-0.39, 0.29) is 0 Å². The fraction of sp³-hybridized carbons (Fsp3) is 0.0909. The zero-order valence-electron chi connectivity index (χ0n) is 7.52. The third-order valence-electron chi connectivity index (χ3n) is 1.96. The molecule has 1 aromatic carbocycles. The summed E-state index contributed by atoms with van der Waals surface area (Å²) < 4.78 is 1.12. The summed E-state index contributed by atoms with van der Waals surface area (Å²) >= 11 is 2.26. The fourth-order valence-corrected chi connectivity index (χ4v) is 1.75. The van der Waals surface area contributed by atoms with E-state index in [9.17, 15) is 0 Å². The van der Waals surface area contributed by atoms with E-state index in [4.69, 9.17) is 0 Å². The molecule has 1 aromatic heterocycles. The van der Waals surface area contributed by atoms with Gasteiger partial charge in [-0.15, -0.1) is 0 Å². The van der Waals surface area contributed by atoms with Crippen molar-refractivity contribution in [2.24, 2.45) is 0 Å². The standard InChI is InChI=1S/C11H9IN2/c12-10-7-13-8-14-11(10)6-9-4-2-1-3-5-9/h1-5,7-8H,6H2. The SMILES string of the molecule is Ic1cncnc1Cc1ccccc1. The molecule has 2 aromatic rings. The molecule has 0 aliphatic rings. The average Bonchev–Trinajstić information content (AvgIpc) is 2.23. The van der Waals surface area contributed by atoms with Gasteiger partial charge in [0, 0.05) is 12.6 Å². The molecule has 0 saturated heterocycles. The Balaban J connectivity index is 2.24. The Morgan fingerprint density at radius 2 is 1.93 bits per heavy atom. The predicted octanol–water partition coefficient (Wildman–Crippen LogP) is 2.67. The lowest BCUT2D eigenvalue weighted by atomic mass is 10.1. The van der Waals surface area contributed by atoms with Crippen molar-refractivity contribution < 1.29 is 0 Å². The number of aromatic nitrogens is 2. The number of rotatable bonds is 2. The van der Waals surface area contributed by atoms with Crippen LogP contribution in [0.3, 0.4) is 0 Å². The van der Waals surface area contributed by atoms with Crippen LogP contribution in [0.1, 0.15) is 11.3 Å². The van der Waals surface area contributed by atoms with Crippen molar-refractivity contribution in [3.63, 3.8) is 0 Å². The minimum absolute atomic E-state index is 0.877. The molecule has 14 heavy (non-hydrogen) atoms. The van der Waals surface area contributed by atoms with Crippen LogP contribution in [-0.2, 0) is 6.42 Å². The van der Waals surface area contributed by atoms with Gasteiger partial charge in [0.2, 0.25) is 0 Å². The molecule has 0 radical (unpaired) electrons.